The van der Waals surface area contributed by atoms with Gasteiger partial charge < -0.3 is 9.80 Å². The number of benzene rings is 1. The number of hydrogen-bond acceptors (Lipinski definition) is 7. The molecule has 0 unspecified atom stereocenters. The Labute approximate surface area is 168 Å². The number of amides is 1. The predicted molar refractivity (Wildman–Crippen MR) is 106 cm³/mol. The first-order chi connectivity index (χ1) is 14.2. The molecule has 0 bridgehead atoms. The predicted octanol–water partition coefficient (Wildman–Crippen LogP) is 1.37. The van der Waals surface area contributed by atoms with Crippen LogP contribution in [0.15, 0.2) is 55.1 Å². The average Bonchev–Trinajstić information content (AvgIpc) is 3.33. The van der Waals surface area contributed by atoms with E-state index in [-0.39, 0.29) is 24.5 Å². The molecule has 3 aromatic rings. The fourth-order valence-electron chi connectivity index (χ4n) is 3.27. The Morgan fingerprint density at radius 1 is 0.862 bits per heavy atom. The average molecular weight is 391 g/mol. The lowest BCUT2D eigenvalue weighted by molar-refractivity contribution is -0.131. The highest BCUT2D eigenvalue weighted by Gasteiger charge is 2.22. The number of aromatic nitrogens is 5. The molecule has 4 rings (SSSR count). The van der Waals surface area contributed by atoms with E-state index in [0.717, 1.165) is 5.82 Å². The van der Waals surface area contributed by atoms with Crippen LogP contribution in [0.25, 0.3) is 5.82 Å². The van der Waals surface area contributed by atoms with E-state index in [1.165, 1.54) is 6.33 Å². The van der Waals surface area contributed by atoms with Gasteiger partial charge in [-0.1, -0.05) is 30.3 Å². The van der Waals surface area contributed by atoms with Crippen molar-refractivity contribution in [3.05, 3.63) is 60.7 Å². The monoisotopic (exact) mass is 391 g/mol. The molecule has 0 N–H and O–H groups in total. The maximum Gasteiger partial charge on any atom is 0.223 e. The Kier molecular flexibility index (Phi) is 5.55. The maximum absolute atomic E-state index is 12.5. The molecule has 3 heterocycles. The SMILES string of the molecule is O=C(CCC(=O)N1CCN(c2ccc(-n3cncn3)nn2)CC1)c1ccccc1. The minimum Gasteiger partial charge on any atom is -0.352 e. The third-order valence-electron chi connectivity index (χ3n) is 4.91. The second-order valence-electron chi connectivity index (χ2n) is 6.75. The van der Waals surface area contributed by atoms with Crippen LogP contribution in [0.3, 0.4) is 0 Å². The largest absolute Gasteiger partial charge is 0.352 e. The number of piperazine rings is 1. The standard InChI is InChI=1S/C20H21N7O2/c28-17(16-4-2-1-3-5-16)6-9-20(29)26-12-10-25(11-13-26)18-7-8-19(24-23-18)27-15-21-14-22-27/h1-5,7-8,14-15H,6,9-13H2. The number of nitrogens with zero attached hydrogens (tertiary/aromatic N) is 7. The molecule has 0 saturated carbocycles. The first kappa shape index (κ1) is 18.7. The zero-order chi connectivity index (χ0) is 20.1. The molecule has 1 fully saturated rings. The molecule has 1 amide bonds. The lowest BCUT2D eigenvalue weighted by Gasteiger charge is -2.35. The first-order valence-corrected chi connectivity index (χ1v) is 9.50. The summed E-state index contributed by atoms with van der Waals surface area (Å²) < 4.78 is 1.55. The fourth-order valence-corrected chi connectivity index (χ4v) is 3.27. The van der Waals surface area contributed by atoms with Crippen LogP contribution in [0.1, 0.15) is 23.2 Å². The molecule has 29 heavy (non-hydrogen) atoms. The van der Waals surface area contributed by atoms with Crippen LogP contribution in [-0.4, -0.2) is 67.7 Å². The summed E-state index contributed by atoms with van der Waals surface area (Å²) in [6, 6.07) is 12.8. The molecular formula is C20H21N7O2. The van der Waals surface area contributed by atoms with Crippen LogP contribution < -0.4 is 4.90 Å². The first-order valence-electron chi connectivity index (χ1n) is 9.50. The zero-order valence-corrected chi connectivity index (χ0v) is 15.9. The molecule has 2 aromatic heterocycles. The summed E-state index contributed by atoms with van der Waals surface area (Å²) in [4.78, 5) is 32.4. The van der Waals surface area contributed by atoms with Gasteiger partial charge in [-0.15, -0.1) is 10.2 Å². The highest BCUT2D eigenvalue weighted by Crippen LogP contribution is 2.15. The zero-order valence-electron chi connectivity index (χ0n) is 15.9. The molecule has 0 radical (unpaired) electrons. The molecule has 1 aliphatic rings. The van der Waals surface area contributed by atoms with Gasteiger partial charge in [0.15, 0.2) is 17.4 Å². The smallest absolute Gasteiger partial charge is 0.223 e. The Balaban J connectivity index is 1.26. The lowest BCUT2D eigenvalue weighted by Crippen LogP contribution is -2.49. The van der Waals surface area contributed by atoms with Gasteiger partial charge >= 0.3 is 0 Å². The number of anilines is 1. The molecular weight excluding hydrogens is 370 g/mol. The van der Waals surface area contributed by atoms with E-state index in [1.807, 2.05) is 35.2 Å². The Bertz CT molecular complexity index is 950. The van der Waals surface area contributed by atoms with Gasteiger partial charge in [0, 0.05) is 44.6 Å². The van der Waals surface area contributed by atoms with Crippen LogP contribution in [0.2, 0.25) is 0 Å². The lowest BCUT2D eigenvalue weighted by atomic mass is 10.1. The van der Waals surface area contributed by atoms with Gasteiger partial charge in [0.1, 0.15) is 12.7 Å². The van der Waals surface area contributed by atoms with Gasteiger partial charge in [0.25, 0.3) is 0 Å². The van der Waals surface area contributed by atoms with Crippen molar-refractivity contribution >= 4 is 17.5 Å². The van der Waals surface area contributed by atoms with Crippen molar-refractivity contribution in [1.82, 2.24) is 29.9 Å². The molecule has 9 heteroatoms. The molecule has 148 valence electrons. The number of hydrogen-bond donors (Lipinski definition) is 0. The summed E-state index contributed by atoms with van der Waals surface area (Å²) in [6.45, 7) is 2.56. The topological polar surface area (TPSA) is 97.1 Å². The van der Waals surface area contributed by atoms with E-state index in [9.17, 15) is 9.59 Å². The highest BCUT2D eigenvalue weighted by molar-refractivity contribution is 5.97. The van der Waals surface area contributed by atoms with Crippen molar-refractivity contribution in [3.63, 3.8) is 0 Å². The van der Waals surface area contributed by atoms with Crippen LogP contribution in [0, 0.1) is 0 Å². The van der Waals surface area contributed by atoms with Crippen LogP contribution in [0.5, 0.6) is 0 Å². The summed E-state index contributed by atoms with van der Waals surface area (Å²) >= 11 is 0. The van der Waals surface area contributed by atoms with Gasteiger partial charge in [-0.2, -0.15) is 5.10 Å². The summed E-state index contributed by atoms with van der Waals surface area (Å²) in [7, 11) is 0. The van der Waals surface area contributed by atoms with Crippen molar-refractivity contribution in [2.45, 2.75) is 12.8 Å². The van der Waals surface area contributed by atoms with E-state index in [4.69, 9.17) is 0 Å². The Morgan fingerprint density at radius 3 is 2.24 bits per heavy atom. The van der Waals surface area contributed by atoms with Crippen molar-refractivity contribution in [3.8, 4) is 5.82 Å². The van der Waals surface area contributed by atoms with E-state index in [1.54, 1.807) is 23.1 Å². The van der Waals surface area contributed by atoms with Crippen LogP contribution in [-0.2, 0) is 4.79 Å². The van der Waals surface area contributed by atoms with Gasteiger partial charge in [-0.05, 0) is 12.1 Å². The molecule has 0 aliphatic carbocycles. The normalized spacial score (nSPS) is 14.1. The Hall–Kier alpha value is -3.62. The van der Waals surface area contributed by atoms with Crippen molar-refractivity contribution in [2.24, 2.45) is 0 Å². The van der Waals surface area contributed by atoms with Crippen molar-refractivity contribution < 1.29 is 9.59 Å². The van der Waals surface area contributed by atoms with E-state index >= 15 is 0 Å². The van der Waals surface area contributed by atoms with E-state index in [0.29, 0.717) is 37.6 Å². The summed E-state index contributed by atoms with van der Waals surface area (Å²) in [5, 5.41) is 12.5. The summed E-state index contributed by atoms with van der Waals surface area (Å²) in [5.41, 5.74) is 0.651. The van der Waals surface area contributed by atoms with Crippen LogP contribution >= 0.6 is 0 Å². The molecule has 0 atom stereocenters. The molecule has 1 saturated heterocycles. The van der Waals surface area contributed by atoms with Gasteiger partial charge in [0.2, 0.25) is 5.91 Å². The fraction of sp³-hybridized carbons (Fsp3) is 0.300. The molecule has 1 aliphatic heterocycles. The van der Waals surface area contributed by atoms with E-state index < -0.39 is 0 Å². The van der Waals surface area contributed by atoms with Gasteiger partial charge in [0.05, 0.1) is 0 Å². The molecule has 1 aromatic carbocycles. The molecule has 9 nitrogen and oxygen atoms in total. The Morgan fingerprint density at radius 2 is 1.59 bits per heavy atom. The number of carbonyl (C=O) groups excluding carboxylic acids is 2. The number of carbonyl (C=O) groups is 2. The van der Waals surface area contributed by atoms with Crippen molar-refractivity contribution in [2.75, 3.05) is 31.1 Å². The number of ketones is 1. The second-order valence-corrected chi connectivity index (χ2v) is 6.75. The van der Waals surface area contributed by atoms with Gasteiger partial charge in [-0.25, -0.2) is 9.67 Å². The number of Topliss-reactive ketones (excluding diaryl/α,β-unsaturated/α-hetero) is 1. The summed E-state index contributed by atoms with van der Waals surface area (Å²) in [6.07, 6.45) is 3.48. The van der Waals surface area contributed by atoms with Crippen LogP contribution in [0.4, 0.5) is 5.82 Å². The second kappa shape index (κ2) is 8.59. The van der Waals surface area contributed by atoms with Crippen molar-refractivity contribution in [1.29, 1.82) is 0 Å². The highest BCUT2D eigenvalue weighted by atomic mass is 16.2. The van der Waals surface area contributed by atoms with Gasteiger partial charge in [-0.3, -0.25) is 9.59 Å². The quantitative estimate of drug-likeness (QED) is 0.586. The minimum atomic E-state index is 0.000307. The third-order valence-corrected chi connectivity index (χ3v) is 4.91. The number of rotatable bonds is 6. The summed E-state index contributed by atoms with van der Waals surface area (Å²) in [5.74, 6) is 1.38. The third kappa shape index (κ3) is 4.45. The van der Waals surface area contributed by atoms with E-state index in [2.05, 4.69) is 25.2 Å². The minimum absolute atomic E-state index is 0.000307. The molecule has 0 spiro atoms. The maximum atomic E-state index is 12.5.